The van der Waals surface area contributed by atoms with Crippen molar-refractivity contribution >= 4 is 0 Å². The molecule has 3 rings (SSSR count). The molecule has 0 amide bonds. The molecule has 0 radical (unpaired) electrons. The molecule has 0 atom stereocenters. The topological polar surface area (TPSA) is 3.24 Å². The summed E-state index contributed by atoms with van der Waals surface area (Å²) < 4.78 is 0. The highest BCUT2D eigenvalue weighted by Gasteiger charge is 2.27. The van der Waals surface area contributed by atoms with Gasteiger partial charge in [0.25, 0.3) is 0 Å². The fraction of sp³-hybridized carbons (Fsp3) is 0.800. The van der Waals surface area contributed by atoms with Gasteiger partial charge in [0.1, 0.15) is 0 Å². The smallest absolute Gasteiger partial charge is 0.0178 e. The molecule has 0 aromatic heterocycles. The molecular weight excluding hydrogens is 134 g/mol. The number of hydrogen-bond donors (Lipinski definition) is 0. The number of rotatable bonds is 1. The molecule has 1 nitrogen and oxygen atoms in total. The lowest BCUT2D eigenvalue weighted by molar-refractivity contribution is 0.218. The predicted molar refractivity (Wildman–Crippen MR) is 47.2 cm³/mol. The Balaban J connectivity index is 2.20. The first-order valence-electron chi connectivity index (χ1n) is 4.73. The molecule has 0 spiro atoms. The van der Waals surface area contributed by atoms with Crippen molar-refractivity contribution in [1.29, 1.82) is 0 Å². The fourth-order valence-corrected chi connectivity index (χ4v) is 2.30. The van der Waals surface area contributed by atoms with Gasteiger partial charge in [-0.05, 0) is 36.5 Å². The van der Waals surface area contributed by atoms with E-state index < -0.39 is 0 Å². The van der Waals surface area contributed by atoms with Crippen LogP contribution in [0.15, 0.2) is 11.8 Å². The van der Waals surface area contributed by atoms with E-state index in [9.17, 15) is 0 Å². The second kappa shape index (κ2) is 2.54. The van der Waals surface area contributed by atoms with E-state index in [-0.39, 0.29) is 0 Å². The molecule has 1 fully saturated rings. The van der Waals surface area contributed by atoms with Gasteiger partial charge in [0.2, 0.25) is 0 Å². The first kappa shape index (κ1) is 7.20. The van der Waals surface area contributed by atoms with Crippen LogP contribution in [-0.2, 0) is 0 Å². The molecule has 1 heteroatoms. The lowest BCUT2D eigenvalue weighted by Gasteiger charge is -2.40. The highest BCUT2D eigenvalue weighted by atomic mass is 15.1. The third-order valence-corrected chi connectivity index (χ3v) is 3.00. The van der Waals surface area contributed by atoms with E-state index in [0.29, 0.717) is 0 Å². The zero-order valence-electron chi connectivity index (χ0n) is 7.51. The van der Waals surface area contributed by atoms with Crippen LogP contribution in [-0.4, -0.2) is 18.0 Å². The average molecular weight is 151 g/mol. The summed E-state index contributed by atoms with van der Waals surface area (Å²) in [6.07, 6.45) is 5.22. The Morgan fingerprint density at radius 3 is 2.27 bits per heavy atom. The number of nitrogens with zero attached hydrogens (tertiary/aromatic N) is 1. The SMILES string of the molecule is CC(C)C1=CN2CCC1CC2. The molecule has 0 aromatic carbocycles. The summed E-state index contributed by atoms with van der Waals surface area (Å²) in [6, 6.07) is 0. The number of piperidine rings is 1. The molecule has 62 valence electrons. The Bertz CT molecular complexity index is 173. The van der Waals surface area contributed by atoms with Crippen molar-refractivity contribution in [1.82, 2.24) is 4.90 Å². The summed E-state index contributed by atoms with van der Waals surface area (Å²) >= 11 is 0. The van der Waals surface area contributed by atoms with Crippen LogP contribution in [0.25, 0.3) is 0 Å². The Morgan fingerprint density at radius 2 is 2.00 bits per heavy atom. The number of hydrogen-bond acceptors (Lipinski definition) is 1. The Morgan fingerprint density at radius 1 is 1.36 bits per heavy atom. The van der Waals surface area contributed by atoms with Gasteiger partial charge in [0.15, 0.2) is 0 Å². The van der Waals surface area contributed by atoms with E-state index >= 15 is 0 Å². The zero-order valence-corrected chi connectivity index (χ0v) is 7.51. The van der Waals surface area contributed by atoms with Gasteiger partial charge in [0, 0.05) is 13.1 Å². The van der Waals surface area contributed by atoms with E-state index in [0.717, 1.165) is 11.8 Å². The van der Waals surface area contributed by atoms with E-state index in [2.05, 4.69) is 24.9 Å². The molecule has 0 N–H and O–H groups in total. The number of fused-ring (bicyclic) bond motifs is 2. The molecule has 1 saturated heterocycles. The van der Waals surface area contributed by atoms with Crippen LogP contribution in [0.5, 0.6) is 0 Å². The fourth-order valence-electron chi connectivity index (χ4n) is 2.30. The van der Waals surface area contributed by atoms with Crippen LogP contribution < -0.4 is 0 Å². The molecular formula is C10H17N. The van der Waals surface area contributed by atoms with E-state index in [1.165, 1.54) is 25.9 Å². The standard InChI is InChI=1S/C10H17N/c1-8(2)10-7-11-5-3-9(10)4-6-11/h7-9H,3-6H2,1-2H3. The first-order valence-corrected chi connectivity index (χ1v) is 4.73. The van der Waals surface area contributed by atoms with Gasteiger partial charge in [0.05, 0.1) is 0 Å². The normalized spacial score (nSPS) is 24.6. The molecule has 11 heavy (non-hydrogen) atoms. The minimum Gasteiger partial charge on any atom is -0.377 e. The second-order valence-corrected chi connectivity index (χ2v) is 4.09. The van der Waals surface area contributed by atoms with Gasteiger partial charge < -0.3 is 4.90 Å². The van der Waals surface area contributed by atoms with Crippen molar-refractivity contribution in [2.45, 2.75) is 26.7 Å². The van der Waals surface area contributed by atoms with E-state index in [4.69, 9.17) is 0 Å². The van der Waals surface area contributed by atoms with Crippen LogP contribution in [0.3, 0.4) is 0 Å². The highest BCUT2D eigenvalue weighted by Crippen LogP contribution is 2.34. The summed E-state index contributed by atoms with van der Waals surface area (Å²) in [5.74, 6) is 1.70. The van der Waals surface area contributed by atoms with E-state index in [1.807, 2.05) is 0 Å². The quantitative estimate of drug-likeness (QED) is 0.555. The maximum Gasteiger partial charge on any atom is 0.0178 e. The minimum absolute atomic E-state index is 0.767. The van der Waals surface area contributed by atoms with Crippen molar-refractivity contribution < 1.29 is 0 Å². The molecule has 0 saturated carbocycles. The van der Waals surface area contributed by atoms with Crippen molar-refractivity contribution in [3.05, 3.63) is 11.8 Å². The molecule has 0 unspecified atom stereocenters. The summed E-state index contributed by atoms with van der Waals surface area (Å²) in [5.41, 5.74) is 1.70. The van der Waals surface area contributed by atoms with Crippen molar-refractivity contribution in [3.8, 4) is 0 Å². The molecule has 3 aliphatic heterocycles. The monoisotopic (exact) mass is 151 g/mol. The van der Waals surface area contributed by atoms with Crippen LogP contribution in [0, 0.1) is 11.8 Å². The summed E-state index contributed by atoms with van der Waals surface area (Å²) in [7, 11) is 0. The molecule has 2 bridgehead atoms. The zero-order chi connectivity index (χ0) is 7.84. The average Bonchev–Trinajstić information content (AvgIpc) is 2.06. The van der Waals surface area contributed by atoms with Gasteiger partial charge in [-0.1, -0.05) is 13.8 Å². The van der Waals surface area contributed by atoms with Crippen LogP contribution >= 0.6 is 0 Å². The van der Waals surface area contributed by atoms with Gasteiger partial charge in [-0.3, -0.25) is 0 Å². The maximum absolute atomic E-state index is 2.48. The van der Waals surface area contributed by atoms with Crippen molar-refractivity contribution in [3.63, 3.8) is 0 Å². The third-order valence-electron chi connectivity index (χ3n) is 3.00. The summed E-state index contributed by atoms with van der Waals surface area (Å²) in [4.78, 5) is 2.48. The Labute approximate surface area is 69.1 Å². The van der Waals surface area contributed by atoms with Crippen LogP contribution in [0.1, 0.15) is 26.7 Å². The molecule has 3 aliphatic rings. The predicted octanol–water partition coefficient (Wildman–Crippen LogP) is 2.25. The lowest BCUT2D eigenvalue weighted by Crippen LogP contribution is -2.37. The second-order valence-electron chi connectivity index (χ2n) is 4.09. The molecule has 0 aliphatic carbocycles. The maximum atomic E-state index is 2.48. The molecule has 0 aromatic rings. The van der Waals surface area contributed by atoms with Crippen molar-refractivity contribution in [2.24, 2.45) is 11.8 Å². The lowest BCUT2D eigenvalue weighted by atomic mass is 9.81. The third kappa shape index (κ3) is 1.17. The molecule has 3 heterocycles. The van der Waals surface area contributed by atoms with Crippen LogP contribution in [0.4, 0.5) is 0 Å². The highest BCUT2D eigenvalue weighted by molar-refractivity contribution is 5.15. The van der Waals surface area contributed by atoms with Gasteiger partial charge >= 0.3 is 0 Å². The van der Waals surface area contributed by atoms with E-state index in [1.54, 1.807) is 5.57 Å². The van der Waals surface area contributed by atoms with Gasteiger partial charge in [-0.15, -0.1) is 0 Å². The van der Waals surface area contributed by atoms with Crippen molar-refractivity contribution in [2.75, 3.05) is 13.1 Å². The number of allylic oxidation sites excluding steroid dienone is 1. The Kier molecular flexibility index (Phi) is 1.67. The van der Waals surface area contributed by atoms with Crippen LogP contribution in [0.2, 0.25) is 0 Å². The summed E-state index contributed by atoms with van der Waals surface area (Å²) in [6.45, 7) is 7.24. The minimum atomic E-state index is 0.767. The van der Waals surface area contributed by atoms with Gasteiger partial charge in [-0.2, -0.15) is 0 Å². The van der Waals surface area contributed by atoms with Gasteiger partial charge in [-0.25, -0.2) is 0 Å². The largest absolute Gasteiger partial charge is 0.377 e. The summed E-state index contributed by atoms with van der Waals surface area (Å²) in [5, 5.41) is 0. The first-order chi connectivity index (χ1) is 5.27. The Hall–Kier alpha value is -0.460.